The van der Waals surface area contributed by atoms with E-state index < -0.39 is 0 Å². The Bertz CT molecular complexity index is 933. The molecule has 0 N–H and O–H groups in total. The Kier molecular flexibility index (Phi) is 4.25. The van der Waals surface area contributed by atoms with Gasteiger partial charge in [0.05, 0.1) is 11.1 Å². The van der Waals surface area contributed by atoms with E-state index in [0.29, 0.717) is 41.4 Å². The van der Waals surface area contributed by atoms with Gasteiger partial charge in [0.2, 0.25) is 5.78 Å². The number of hydrogen-bond acceptors (Lipinski definition) is 4. The van der Waals surface area contributed by atoms with E-state index in [1.165, 1.54) is 0 Å². The van der Waals surface area contributed by atoms with E-state index in [-0.39, 0.29) is 5.78 Å². The molecule has 2 aliphatic rings. The average molecular weight is 370 g/mol. The number of rotatable bonds is 2. The first-order chi connectivity index (χ1) is 12.5. The van der Waals surface area contributed by atoms with Crippen molar-refractivity contribution in [2.75, 3.05) is 6.73 Å². The van der Waals surface area contributed by atoms with Crippen molar-refractivity contribution in [3.05, 3.63) is 63.4 Å². The van der Waals surface area contributed by atoms with E-state index in [1.54, 1.807) is 12.1 Å². The van der Waals surface area contributed by atoms with Gasteiger partial charge in [-0.15, -0.1) is 0 Å². The molecule has 0 aromatic heterocycles. The molecule has 0 atom stereocenters. The number of aryl methyl sites for hydroxylation is 1. The van der Waals surface area contributed by atoms with Crippen molar-refractivity contribution in [2.45, 2.75) is 33.4 Å². The lowest BCUT2D eigenvalue weighted by Gasteiger charge is -2.32. The first-order valence-corrected chi connectivity index (χ1v) is 9.05. The number of ketones is 1. The Morgan fingerprint density at radius 1 is 1.27 bits per heavy atom. The quantitative estimate of drug-likeness (QED) is 0.711. The molecule has 4 nitrogen and oxygen atoms in total. The molecule has 0 aliphatic carbocycles. The minimum absolute atomic E-state index is 0.109. The molecule has 0 amide bonds. The Balaban J connectivity index is 1.78. The van der Waals surface area contributed by atoms with Gasteiger partial charge >= 0.3 is 0 Å². The van der Waals surface area contributed by atoms with Gasteiger partial charge in [-0.05, 0) is 50.1 Å². The van der Waals surface area contributed by atoms with Crippen LogP contribution in [0.15, 0.2) is 36.1 Å². The lowest BCUT2D eigenvalue weighted by Crippen LogP contribution is -2.37. The predicted octanol–water partition coefficient (Wildman–Crippen LogP) is 4.82. The van der Waals surface area contributed by atoms with Crippen molar-refractivity contribution >= 4 is 23.5 Å². The van der Waals surface area contributed by atoms with Crippen molar-refractivity contribution in [3.8, 4) is 11.5 Å². The summed E-state index contributed by atoms with van der Waals surface area (Å²) in [6.07, 6.45) is 1.71. The zero-order chi connectivity index (χ0) is 18.4. The fourth-order valence-corrected chi connectivity index (χ4v) is 3.50. The molecule has 2 aliphatic heterocycles. The van der Waals surface area contributed by atoms with Crippen LogP contribution in [0, 0.1) is 6.92 Å². The minimum Gasteiger partial charge on any atom is -0.478 e. The van der Waals surface area contributed by atoms with Gasteiger partial charge in [0, 0.05) is 17.6 Å². The summed E-state index contributed by atoms with van der Waals surface area (Å²) in [7, 11) is 0. The van der Waals surface area contributed by atoms with Crippen LogP contribution in [0.2, 0.25) is 5.02 Å². The summed E-state index contributed by atoms with van der Waals surface area (Å²) in [6.45, 7) is 7.40. The summed E-state index contributed by atoms with van der Waals surface area (Å²) in [4.78, 5) is 15.1. The summed E-state index contributed by atoms with van der Waals surface area (Å²) in [5, 5.41) is 0.584. The molecule has 0 unspecified atom stereocenters. The van der Waals surface area contributed by atoms with E-state index >= 15 is 0 Å². The van der Waals surface area contributed by atoms with Gasteiger partial charge < -0.3 is 9.47 Å². The Morgan fingerprint density at radius 3 is 2.77 bits per heavy atom. The molecule has 2 aromatic carbocycles. The topological polar surface area (TPSA) is 38.8 Å². The molecule has 4 rings (SSSR count). The highest BCUT2D eigenvalue weighted by Gasteiger charge is 2.35. The number of carbonyl (C=O) groups is 1. The maximum Gasteiger partial charge on any atom is 0.232 e. The van der Waals surface area contributed by atoms with Gasteiger partial charge in [-0.1, -0.05) is 29.8 Å². The number of Topliss-reactive ketones (excluding diaryl/α,β-unsaturated/α-hetero) is 1. The Hall–Kier alpha value is -2.30. The number of benzene rings is 2. The highest BCUT2D eigenvalue weighted by atomic mass is 35.5. The Morgan fingerprint density at radius 2 is 2.04 bits per heavy atom. The molecule has 5 heteroatoms. The minimum atomic E-state index is -0.109. The van der Waals surface area contributed by atoms with Gasteiger partial charge in [-0.25, -0.2) is 0 Å². The molecular formula is C21H20ClNO3. The number of halogens is 1. The molecule has 0 spiro atoms. The number of carbonyl (C=O) groups excluding carboxylic acids is 1. The van der Waals surface area contributed by atoms with Gasteiger partial charge in [0.25, 0.3) is 0 Å². The molecule has 0 radical (unpaired) electrons. The predicted molar refractivity (Wildman–Crippen MR) is 102 cm³/mol. The van der Waals surface area contributed by atoms with Crippen LogP contribution >= 0.6 is 11.6 Å². The monoisotopic (exact) mass is 369 g/mol. The molecule has 0 saturated carbocycles. The number of allylic oxidation sites excluding steroid dienone is 1. The molecule has 2 aromatic rings. The first-order valence-electron chi connectivity index (χ1n) is 8.68. The molecule has 2 heterocycles. The zero-order valence-corrected chi connectivity index (χ0v) is 15.8. The van der Waals surface area contributed by atoms with Gasteiger partial charge in [0.1, 0.15) is 18.2 Å². The molecule has 0 saturated heterocycles. The van der Waals surface area contributed by atoms with Gasteiger partial charge in [-0.3, -0.25) is 9.69 Å². The smallest absolute Gasteiger partial charge is 0.232 e. The number of nitrogens with zero attached hydrogens (tertiary/aromatic N) is 1. The second-order valence-electron chi connectivity index (χ2n) is 6.95. The van der Waals surface area contributed by atoms with Crippen LogP contribution in [0.5, 0.6) is 11.5 Å². The second-order valence-corrected chi connectivity index (χ2v) is 7.36. The normalized spacial score (nSPS) is 17.9. The largest absolute Gasteiger partial charge is 0.478 e. The van der Waals surface area contributed by atoms with Crippen LogP contribution < -0.4 is 9.47 Å². The summed E-state index contributed by atoms with van der Waals surface area (Å²) in [6, 6.07) is 9.67. The van der Waals surface area contributed by atoms with E-state index in [0.717, 1.165) is 22.4 Å². The third-order valence-corrected chi connectivity index (χ3v) is 5.22. The fraction of sp³-hybridized carbons (Fsp3) is 0.286. The molecule has 0 fully saturated rings. The molecule has 26 heavy (non-hydrogen) atoms. The highest BCUT2D eigenvalue weighted by Crippen LogP contribution is 2.44. The van der Waals surface area contributed by atoms with Crippen molar-refractivity contribution in [2.24, 2.45) is 0 Å². The Labute approximate surface area is 158 Å². The van der Waals surface area contributed by atoms with Crippen molar-refractivity contribution < 1.29 is 14.3 Å². The maximum absolute atomic E-state index is 12.9. The van der Waals surface area contributed by atoms with Crippen molar-refractivity contribution in [3.63, 3.8) is 0 Å². The highest BCUT2D eigenvalue weighted by molar-refractivity contribution is 6.32. The summed E-state index contributed by atoms with van der Waals surface area (Å²) < 4.78 is 11.9. The third-order valence-electron chi connectivity index (χ3n) is 4.87. The van der Waals surface area contributed by atoms with Crippen LogP contribution in [0.25, 0.3) is 6.08 Å². The maximum atomic E-state index is 12.9. The van der Waals surface area contributed by atoms with Crippen LogP contribution in [0.1, 0.15) is 40.9 Å². The lowest BCUT2D eigenvalue weighted by molar-refractivity contribution is 0.0673. The standard InChI is InChI=1S/C21H20ClNO3/c1-12(2)23-10-15-17(25-11-23)8-13(3)19-20(24)18(26-21(15)19)9-14-6-4-5-7-16(14)22/h4-9,12H,10-11H2,1-3H3/b18-9-. The van der Waals surface area contributed by atoms with E-state index in [9.17, 15) is 4.79 Å². The molecule has 134 valence electrons. The van der Waals surface area contributed by atoms with Crippen LogP contribution in [0.3, 0.4) is 0 Å². The summed E-state index contributed by atoms with van der Waals surface area (Å²) in [5.74, 6) is 1.60. The van der Waals surface area contributed by atoms with Crippen LogP contribution in [0.4, 0.5) is 0 Å². The fourth-order valence-electron chi connectivity index (χ4n) is 3.31. The van der Waals surface area contributed by atoms with Crippen molar-refractivity contribution in [1.82, 2.24) is 4.90 Å². The molecular weight excluding hydrogens is 350 g/mol. The molecule has 0 bridgehead atoms. The number of fused-ring (bicyclic) bond motifs is 3. The summed E-state index contributed by atoms with van der Waals surface area (Å²) >= 11 is 6.22. The van der Waals surface area contributed by atoms with Gasteiger partial charge in [-0.2, -0.15) is 0 Å². The van der Waals surface area contributed by atoms with Crippen molar-refractivity contribution in [1.29, 1.82) is 0 Å². The summed E-state index contributed by atoms with van der Waals surface area (Å²) in [5.41, 5.74) is 3.18. The lowest BCUT2D eigenvalue weighted by atomic mass is 9.98. The number of hydrogen-bond donors (Lipinski definition) is 0. The first kappa shape index (κ1) is 17.1. The number of ether oxygens (including phenoxy) is 2. The SMILES string of the molecule is Cc1cc2c(c3c1C(=O)/C(=C/c1ccccc1Cl)O3)CN(C(C)C)CO2. The van der Waals surface area contributed by atoms with E-state index in [4.69, 9.17) is 21.1 Å². The van der Waals surface area contributed by atoms with E-state index in [1.807, 2.05) is 31.2 Å². The third kappa shape index (κ3) is 2.79. The second kappa shape index (κ2) is 6.45. The van der Waals surface area contributed by atoms with Gasteiger partial charge in [0.15, 0.2) is 5.76 Å². The van der Waals surface area contributed by atoms with Crippen LogP contribution in [-0.2, 0) is 6.54 Å². The average Bonchev–Trinajstić information content (AvgIpc) is 2.94. The van der Waals surface area contributed by atoms with E-state index in [2.05, 4.69) is 18.7 Å². The van der Waals surface area contributed by atoms with Crippen LogP contribution in [-0.4, -0.2) is 23.5 Å². The zero-order valence-electron chi connectivity index (χ0n) is 15.0.